The first-order valence-electron chi connectivity index (χ1n) is 29.3. The lowest BCUT2D eigenvalue weighted by Crippen LogP contribution is -2.75. The van der Waals surface area contributed by atoms with E-state index in [2.05, 4.69) is 283 Å². The smallest absolute Gasteiger partial charge is 0.248 e. The van der Waals surface area contributed by atoms with Gasteiger partial charge in [-0.15, -0.1) is 0 Å². The number of anilines is 6. The number of benzene rings is 13. The van der Waals surface area contributed by atoms with Crippen LogP contribution in [0.5, 0.6) is 0 Å². The van der Waals surface area contributed by atoms with Crippen molar-refractivity contribution < 1.29 is 0 Å². The molecule has 0 aliphatic carbocycles. The Morgan fingerprint density at radius 1 is 0.293 bits per heavy atom. The summed E-state index contributed by atoms with van der Waals surface area (Å²) in [5, 5.41) is 13.9. The standard InChI is InChI=1S/C77H58B2N2Si/c1-45-37-48(4)76(49(5)38-45)80-66-34-20-18-32-62(66)79-64-43-60-69(82(52-23-11-8-12-24-52,53-25-13-9-14-26-53)54-27-15-10-16-28-54)44-59-56-30-22-36-68-75(56)78(61-31-17-19-33-65(61)81(68)77-50(6)39-46(2)40-51(77)7)63-42-57-47(3)41-58(55-29-21-35-67(80)74(55)79)70(64)72(57)73(60)71(59)63/h8-44H,1-7H3. The largest absolute Gasteiger partial charge is 0.311 e. The average molecular weight is 1060 g/mol. The number of hydrogen-bond donors (Lipinski definition) is 0. The molecule has 82 heavy (non-hydrogen) atoms. The summed E-state index contributed by atoms with van der Waals surface area (Å²) in [5.74, 6) is 0. The molecule has 0 unspecified atom stereocenters. The molecule has 4 aliphatic rings. The predicted molar refractivity (Wildman–Crippen MR) is 356 cm³/mol. The van der Waals surface area contributed by atoms with Gasteiger partial charge in [-0.05, 0) is 198 Å². The number of nitrogens with zero attached hydrogens (tertiary/aromatic N) is 2. The van der Waals surface area contributed by atoms with Crippen molar-refractivity contribution in [3.05, 3.63) is 263 Å². The van der Waals surface area contributed by atoms with Gasteiger partial charge in [0.2, 0.25) is 13.4 Å². The van der Waals surface area contributed by atoms with E-state index >= 15 is 0 Å². The highest BCUT2D eigenvalue weighted by Gasteiger charge is 2.49. The van der Waals surface area contributed by atoms with Crippen LogP contribution in [-0.2, 0) is 0 Å². The minimum atomic E-state index is -3.23. The van der Waals surface area contributed by atoms with E-state index in [4.69, 9.17) is 0 Å². The fourth-order valence-electron chi connectivity index (χ4n) is 16.9. The van der Waals surface area contributed by atoms with Gasteiger partial charge < -0.3 is 9.80 Å². The van der Waals surface area contributed by atoms with Crippen molar-refractivity contribution in [3.8, 4) is 22.3 Å². The van der Waals surface area contributed by atoms with E-state index in [1.54, 1.807) is 0 Å². The van der Waals surface area contributed by atoms with Gasteiger partial charge in [0.25, 0.3) is 0 Å². The van der Waals surface area contributed by atoms with Crippen LogP contribution in [0, 0.1) is 48.5 Å². The number of hydrogen-bond acceptors (Lipinski definition) is 2. The van der Waals surface area contributed by atoms with Crippen LogP contribution < -0.4 is 63.3 Å². The highest BCUT2D eigenvalue weighted by Crippen LogP contribution is 2.50. The van der Waals surface area contributed by atoms with E-state index in [-0.39, 0.29) is 13.4 Å². The fourth-order valence-corrected chi connectivity index (χ4v) is 21.8. The molecule has 2 nitrogen and oxygen atoms in total. The molecule has 0 amide bonds. The van der Waals surface area contributed by atoms with Crippen LogP contribution >= 0.6 is 0 Å². The van der Waals surface area contributed by atoms with Gasteiger partial charge >= 0.3 is 0 Å². The molecule has 4 aliphatic heterocycles. The molecule has 0 radical (unpaired) electrons. The fraction of sp³-hybridized carbons (Fsp3) is 0.0909. The molecule has 0 aromatic heterocycles. The van der Waals surface area contributed by atoms with Crippen LogP contribution in [0.2, 0.25) is 0 Å². The van der Waals surface area contributed by atoms with Gasteiger partial charge in [0.05, 0.1) is 11.4 Å². The second kappa shape index (κ2) is 17.2. The molecule has 386 valence electrons. The predicted octanol–water partition coefficient (Wildman–Crippen LogP) is 12.7. The molecule has 5 heteroatoms. The molecule has 0 N–H and O–H groups in total. The van der Waals surface area contributed by atoms with Crippen LogP contribution in [0.3, 0.4) is 0 Å². The van der Waals surface area contributed by atoms with Gasteiger partial charge in [-0.1, -0.05) is 222 Å². The topological polar surface area (TPSA) is 6.48 Å². The Labute approximate surface area is 482 Å². The SMILES string of the molecule is Cc1cc(C)c(N2c3ccccc3B3c4c(cccc42)-c2cc(C)c4cc5c6c(cc([Si](c7ccccc7)(c7ccccc7)c7ccccc7)c7cc3c2c4c76)-c2cccc3c2B5c2ccccc2N3c2c(C)cc(C)cc2C)c(C)c1. The lowest BCUT2D eigenvalue weighted by molar-refractivity contribution is 1.21. The van der Waals surface area contributed by atoms with Crippen molar-refractivity contribution in [2.75, 3.05) is 9.80 Å². The second-order valence-corrected chi connectivity index (χ2v) is 28.0. The van der Waals surface area contributed by atoms with Crippen molar-refractivity contribution >= 4 is 141 Å². The minimum absolute atomic E-state index is 0.00803. The summed E-state index contributed by atoms with van der Waals surface area (Å²) >= 11 is 0. The Morgan fingerprint density at radius 3 is 1.12 bits per heavy atom. The number of aryl methyl sites for hydroxylation is 7. The lowest BCUT2D eigenvalue weighted by Gasteiger charge is -2.43. The van der Waals surface area contributed by atoms with Crippen molar-refractivity contribution in [1.82, 2.24) is 0 Å². The molecule has 17 rings (SSSR count). The molecule has 0 bridgehead atoms. The van der Waals surface area contributed by atoms with Crippen LogP contribution in [0.1, 0.15) is 38.9 Å². The molecule has 0 saturated heterocycles. The van der Waals surface area contributed by atoms with E-state index in [0.717, 1.165) is 0 Å². The van der Waals surface area contributed by atoms with E-state index in [9.17, 15) is 0 Å². The lowest BCUT2D eigenvalue weighted by atomic mass is 9.31. The van der Waals surface area contributed by atoms with Gasteiger partial charge in [-0.2, -0.15) is 0 Å². The summed E-state index contributed by atoms with van der Waals surface area (Å²) in [6.45, 7) is 16.0. The van der Waals surface area contributed by atoms with Crippen LogP contribution in [0.4, 0.5) is 34.1 Å². The van der Waals surface area contributed by atoms with Gasteiger partial charge in [0, 0.05) is 22.7 Å². The Balaban J connectivity index is 1.08. The molecule has 0 atom stereocenters. The zero-order valence-electron chi connectivity index (χ0n) is 47.4. The zero-order valence-corrected chi connectivity index (χ0v) is 48.4. The van der Waals surface area contributed by atoms with E-state index in [1.165, 1.54) is 181 Å². The minimum Gasteiger partial charge on any atom is -0.311 e. The maximum absolute atomic E-state index is 3.23. The average Bonchev–Trinajstić information content (AvgIpc) is 1.25. The maximum Gasteiger partial charge on any atom is 0.248 e. The highest BCUT2D eigenvalue weighted by molar-refractivity contribution is 7.21. The summed E-state index contributed by atoms with van der Waals surface area (Å²) in [4.78, 5) is 5.22. The number of para-hydroxylation sites is 2. The van der Waals surface area contributed by atoms with E-state index in [1.807, 2.05) is 0 Å². The van der Waals surface area contributed by atoms with Crippen molar-refractivity contribution in [3.63, 3.8) is 0 Å². The molecule has 0 fully saturated rings. The summed E-state index contributed by atoms with van der Waals surface area (Å²) in [6.07, 6.45) is 0. The summed E-state index contributed by atoms with van der Waals surface area (Å²) in [7, 11) is -3.23. The van der Waals surface area contributed by atoms with Gasteiger partial charge in [-0.3, -0.25) is 0 Å². The van der Waals surface area contributed by atoms with Crippen molar-refractivity contribution in [2.45, 2.75) is 48.5 Å². The van der Waals surface area contributed by atoms with Crippen molar-refractivity contribution in [2.24, 2.45) is 0 Å². The van der Waals surface area contributed by atoms with Crippen molar-refractivity contribution in [1.29, 1.82) is 0 Å². The molecular weight excluding hydrogens is 1000 g/mol. The summed E-state index contributed by atoms with van der Waals surface area (Å²) in [5.41, 5.74) is 30.3. The third kappa shape index (κ3) is 6.16. The Bertz CT molecular complexity index is 4770. The third-order valence-corrected chi connectivity index (χ3v) is 24.3. The molecule has 4 heterocycles. The van der Waals surface area contributed by atoms with Crippen LogP contribution in [0.15, 0.2) is 224 Å². The first-order chi connectivity index (χ1) is 40.1. The molecule has 0 saturated carbocycles. The second-order valence-electron chi connectivity index (χ2n) is 24.2. The van der Waals surface area contributed by atoms with E-state index in [0.29, 0.717) is 0 Å². The first-order valence-corrected chi connectivity index (χ1v) is 31.3. The Morgan fingerprint density at radius 2 is 0.671 bits per heavy atom. The normalized spacial score (nSPS) is 13.5. The number of fused-ring (bicyclic) bond motifs is 8. The quantitative estimate of drug-likeness (QED) is 0.0930. The number of rotatable bonds is 6. The first kappa shape index (κ1) is 47.6. The molecular formula is C77H58B2N2Si. The maximum atomic E-state index is 2.75. The summed E-state index contributed by atoms with van der Waals surface area (Å²) in [6, 6.07) is 88.1. The Hall–Kier alpha value is -9.15. The van der Waals surface area contributed by atoms with Gasteiger partial charge in [0.15, 0.2) is 8.07 Å². The van der Waals surface area contributed by atoms with E-state index < -0.39 is 8.07 Å². The monoisotopic (exact) mass is 1060 g/mol. The molecule has 13 aromatic rings. The van der Waals surface area contributed by atoms with Crippen LogP contribution in [-0.4, -0.2) is 21.5 Å². The van der Waals surface area contributed by atoms with Gasteiger partial charge in [-0.25, -0.2) is 0 Å². The summed E-state index contributed by atoms with van der Waals surface area (Å²) < 4.78 is 0. The zero-order chi connectivity index (χ0) is 55.0. The molecule has 13 aromatic carbocycles. The van der Waals surface area contributed by atoms with Crippen LogP contribution in [0.25, 0.3) is 54.6 Å². The molecule has 0 spiro atoms. The van der Waals surface area contributed by atoms with Gasteiger partial charge in [0.1, 0.15) is 0 Å². The Kier molecular flexibility index (Phi) is 9.99. The highest BCUT2D eigenvalue weighted by atomic mass is 28.3. The third-order valence-electron chi connectivity index (χ3n) is 19.5.